The zero-order chi connectivity index (χ0) is 20.4. The van der Waals surface area contributed by atoms with E-state index in [1.807, 2.05) is 24.3 Å². The fraction of sp³-hybridized carbons (Fsp3) is 0.143. The van der Waals surface area contributed by atoms with Crippen LogP contribution in [0.3, 0.4) is 0 Å². The Hall–Kier alpha value is -3.81. The number of H-pyrrole nitrogens is 1. The summed E-state index contributed by atoms with van der Waals surface area (Å²) < 4.78 is 15.4. The number of fused-ring (bicyclic) bond motifs is 1. The first-order valence-electron chi connectivity index (χ1n) is 9.10. The van der Waals surface area contributed by atoms with Crippen molar-refractivity contribution in [3.63, 3.8) is 0 Å². The van der Waals surface area contributed by atoms with Gasteiger partial charge >= 0.3 is 0 Å². The Kier molecular flexibility index (Phi) is 4.90. The molecule has 2 heterocycles. The number of aromatic nitrogens is 4. The first kappa shape index (κ1) is 18.5. The monoisotopic (exact) mass is 391 g/mol. The quantitative estimate of drug-likeness (QED) is 0.547. The van der Waals surface area contributed by atoms with Gasteiger partial charge in [0, 0.05) is 24.7 Å². The largest absolute Gasteiger partial charge is 0.350 e. The fourth-order valence-electron chi connectivity index (χ4n) is 3.07. The molecule has 0 bridgehead atoms. The number of rotatable bonds is 5. The molecule has 0 saturated heterocycles. The number of amides is 1. The highest BCUT2D eigenvalue weighted by atomic mass is 19.1. The van der Waals surface area contributed by atoms with Gasteiger partial charge < -0.3 is 10.3 Å². The molecule has 0 fully saturated rings. The first-order valence-corrected chi connectivity index (χ1v) is 9.10. The molecule has 0 aliphatic heterocycles. The van der Waals surface area contributed by atoms with Gasteiger partial charge in [0.05, 0.1) is 11.0 Å². The highest BCUT2D eigenvalue weighted by Crippen LogP contribution is 2.13. The molecule has 2 aromatic carbocycles. The van der Waals surface area contributed by atoms with Crippen LogP contribution in [0.15, 0.2) is 59.4 Å². The molecule has 0 saturated carbocycles. The number of hydrogen-bond donors (Lipinski definition) is 2. The van der Waals surface area contributed by atoms with Crippen LogP contribution in [0.1, 0.15) is 22.0 Å². The SMILES string of the molecule is Cc1cc(=O)c(C(=O)NCCc2nc3ccccc3[nH]2)nn1-c1ccccc1F. The van der Waals surface area contributed by atoms with E-state index in [0.717, 1.165) is 16.9 Å². The van der Waals surface area contributed by atoms with Gasteiger partial charge in [-0.3, -0.25) is 9.59 Å². The van der Waals surface area contributed by atoms with Crippen LogP contribution < -0.4 is 10.7 Å². The van der Waals surface area contributed by atoms with Gasteiger partial charge in [-0.15, -0.1) is 0 Å². The fourth-order valence-corrected chi connectivity index (χ4v) is 3.07. The van der Waals surface area contributed by atoms with Gasteiger partial charge in [-0.05, 0) is 31.2 Å². The van der Waals surface area contributed by atoms with Crippen molar-refractivity contribution >= 4 is 16.9 Å². The van der Waals surface area contributed by atoms with Crippen molar-refractivity contribution < 1.29 is 9.18 Å². The molecule has 0 aliphatic carbocycles. The summed E-state index contributed by atoms with van der Waals surface area (Å²) in [5.74, 6) is -0.383. The zero-order valence-corrected chi connectivity index (χ0v) is 15.6. The number of nitrogens with one attached hydrogen (secondary N) is 2. The molecule has 4 aromatic rings. The molecule has 7 nitrogen and oxygen atoms in total. The summed E-state index contributed by atoms with van der Waals surface area (Å²) in [5, 5.41) is 6.77. The van der Waals surface area contributed by atoms with Crippen molar-refractivity contribution in [1.82, 2.24) is 25.1 Å². The molecule has 1 amide bonds. The lowest BCUT2D eigenvalue weighted by molar-refractivity contribution is 0.0946. The van der Waals surface area contributed by atoms with Crippen LogP contribution in [0.5, 0.6) is 0 Å². The summed E-state index contributed by atoms with van der Waals surface area (Å²) in [6.07, 6.45) is 0.466. The molecule has 0 aliphatic rings. The van der Waals surface area contributed by atoms with E-state index in [4.69, 9.17) is 0 Å². The average Bonchev–Trinajstić information content (AvgIpc) is 3.11. The van der Waals surface area contributed by atoms with E-state index >= 15 is 0 Å². The van der Waals surface area contributed by atoms with Gasteiger partial charge in [0.2, 0.25) is 5.43 Å². The molecule has 8 heteroatoms. The maximum absolute atomic E-state index is 14.1. The molecule has 0 atom stereocenters. The van der Waals surface area contributed by atoms with Crippen LogP contribution in [-0.4, -0.2) is 32.2 Å². The number of hydrogen-bond acceptors (Lipinski definition) is 4. The number of aryl methyl sites for hydroxylation is 1. The lowest BCUT2D eigenvalue weighted by Gasteiger charge is -2.12. The second kappa shape index (κ2) is 7.67. The van der Waals surface area contributed by atoms with Gasteiger partial charge in [0.1, 0.15) is 17.3 Å². The predicted octanol–water partition coefficient (Wildman–Crippen LogP) is 2.53. The number of carbonyl (C=O) groups excluding carboxylic acids is 1. The summed E-state index contributed by atoms with van der Waals surface area (Å²) in [6.45, 7) is 1.90. The van der Waals surface area contributed by atoms with Crippen LogP contribution in [-0.2, 0) is 6.42 Å². The van der Waals surface area contributed by atoms with Crippen molar-refractivity contribution in [3.05, 3.63) is 87.9 Å². The number of halogens is 1. The van der Waals surface area contributed by atoms with E-state index in [2.05, 4.69) is 20.4 Å². The topological polar surface area (TPSA) is 92.7 Å². The summed E-state index contributed by atoms with van der Waals surface area (Å²) in [4.78, 5) is 32.4. The van der Waals surface area contributed by atoms with Gasteiger partial charge in [-0.1, -0.05) is 24.3 Å². The molecule has 2 N–H and O–H groups in total. The Bertz CT molecular complexity index is 1230. The highest BCUT2D eigenvalue weighted by molar-refractivity contribution is 5.92. The Morgan fingerprint density at radius 1 is 1.17 bits per heavy atom. The second-order valence-corrected chi connectivity index (χ2v) is 6.57. The van der Waals surface area contributed by atoms with Crippen molar-refractivity contribution in [1.29, 1.82) is 0 Å². The third-order valence-corrected chi connectivity index (χ3v) is 4.49. The second-order valence-electron chi connectivity index (χ2n) is 6.57. The number of para-hydroxylation sites is 3. The zero-order valence-electron chi connectivity index (χ0n) is 15.6. The summed E-state index contributed by atoms with van der Waals surface area (Å²) in [5.41, 5.74) is 1.56. The van der Waals surface area contributed by atoms with Gasteiger partial charge in [-0.25, -0.2) is 14.1 Å². The van der Waals surface area contributed by atoms with Gasteiger partial charge in [0.25, 0.3) is 5.91 Å². The minimum Gasteiger partial charge on any atom is -0.350 e. The van der Waals surface area contributed by atoms with Crippen LogP contribution in [0, 0.1) is 12.7 Å². The Morgan fingerprint density at radius 3 is 2.72 bits per heavy atom. The number of aromatic amines is 1. The van der Waals surface area contributed by atoms with Crippen molar-refractivity contribution in [3.8, 4) is 5.69 Å². The summed E-state index contributed by atoms with van der Waals surface area (Å²) in [7, 11) is 0. The molecule has 29 heavy (non-hydrogen) atoms. The molecular formula is C21H18FN5O2. The van der Waals surface area contributed by atoms with E-state index in [-0.39, 0.29) is 17.9 Å². The van der Waals surface area contributed by atoms with E-state index in [0.29, 0.717) is 12.1 Å². The lowest BCUT2D eigenvalue weighted by atomic mass is 10.2. The Labute approximate surface area is 165 Å². The molecule has 0 spiro atoms. The van der Waals surface area contributed by atoms with Gasteiger partial charge in [-0.2, -0.15) is 5.10 Å². The van der Waals surface area contributed by atoms with Crippen LogP contribution in [0.2, 0.25) is 0 Å². The van der Waals surface area contributed by atoms with Crippen molar-refractivity contribution in [2.75, 3.05) is 6.54 Å². The number of benzene rings is 2. The number of carbonyl (C=O) groups is 1. The van der Waals surface area contributed by atoms with Crippen LogP contribution in [0.4, 0.5) is 4.39 Å². The summed E-state index contributed by atoms with van der Waals surface area (Å²) >= 11 is 0. The van der Waals surface area contributed by atoms with Crippen LogP contribution >= 0.6 is 0 Å². The minimum absolute atomic E-state index is 0.168. The predicted molar refractivity (Wildman–Crippen MR) is 107 cm³/mol. The molecule has 0 unspecified atom stereocenters. The average molecular weight is 391 g/mol. The molecule has 0 radical (unpaired) electrons. The van der Waals surface area contributed by atoms with Crippen molar-refractivity contribution in [2.24, 2.45) is 0 Å². The van der Waals surface area contributed by atoms with E-state index in [1.165, 1.54) is 22.9 Å². The summed E-state index contributed by atoms with van der Waals surface area (Å²) in [6, 6.07) is 14.9. The van der Waals surface area contributed by atoms with Crippen LogP contribution in [0.25, 0.3) is 16.7 Å². The third kappa shape index (κ3) is 3.77. The van der Waals surface area contributed by atoms with Gasteiger partial charge in [0.15, 0.2) is 5.69 Å². The van der Waals surface area contributed by atoms with E-state index < -0.39 is 17.2 Å². The maximum Gasteiger partial charge on any atom is 0.275 e. The van der Waals surface area contributed by atoms with E-state index in [1.54, 1.807) is 19.1 Å². The first-order chi connectivity index (χ1) is 14.0. The maximum atomic E-state index is 14.1. The molecule has 4 rings (SSSR count). The minimum atomic E-state index is -0.615. The molecule has 2 aromatic heterocycles. The van der Waals surface area contributed by atoms with Crippen molar-refractivity contribution in [2.45, 2.75) is 13.3 Å². The smallest absolute Gasteiger partial charge is 0.275 e. The van der Waals surface area contributed by atoms with E-state index in [9.17, 15) is 14.0 Å². The third-order valence-electron chi connectivity index (χ3n) is 4.49. The molecular weight excluding hydrogens is 373 g/mol. The Balaban J connectivity index is 1.51. The lowest BCUT2D eigenvalue weighted by Crippen LogP contribution is -2.33. The number of imidazole rings is 1. The number of nitrogens with zero attached hydrogens (tertiary/aromatic N) is 3. The normalized spacial score (nSPS) is 11.0. The highest BCUT2D eigenvalue weighted by Gasteiger charge is 2.16. The standard InChI is InChI=1S/C21H18FN5O2/c1-13-12-18(28)20(26-27(13)17-9-5-2-6-14(17)22)21(29)23-11-10-19-24-15-7-3-4-8-16(15)25-19/h2-9,12H,10-11H2,1H3,(H,23,29)(H,24,25). The molecule has 146 valence electrons. The Morgan fingerprint density at radius 2 is 1.93 bits per heavy atom.